The Labute approximate surface area is 120 Å². The topological polar surface area (TPSA) is 56.6 Å². The van der Waals surface area contributed by atoms with Crippen LogP contribution >= 0.6 is 0 Å². The molecule has 0 radical (unpaired) electrons. The number of nitriles is 1. The van der Waals surface area contributed by atoms with E-state index in [1.807, 2.05) is 19.9 Å². The summed E-state index contributed by atoms with van der Waals surface area (Å²) >= 11 is 0. The first-order chi connectivity index (χ1) is 10.0. The summed E-state index contributed by atoms with van der Waals surface area (Å²) in [5.74, 6) is -0.306. The van der Waals surface area contributed by atoms with Crippen molar-refractivity contribution in [2.45, 2.75) is 19.8 Å². The quantitative estimate of drug-likeness (QED) is 0.689. The number of aromatic amines is 1. The second-order valence-electron chi connectivity index (χ2n) is 5.40. The molecule has 0 amide bonds. The van der Waals surface area contributed by atoms with Crippen LogP contribution in [0.5, 0.6) is 0 Å². The molecule has 0 atom stereocenters. The fraction of sp³-hybridized carbons (Fsp3) is 0.176. The molecule has 21 heavy (non-hydrogen) atoms. The van der Waals surface area contributed by atoms with Crippen LogP contribution in [0.15, 0.2) is 35.1 Å². The highest BCUT2D eigenvalue weighted by atomic mass is 19.1. The van der Waals surface area contributed by atoms with E-state index in [9.17, 15) is 9.18 Å². The lowest BCUT2D eigenvalue weighted by Gasteiger charge is -2.10. The third kappa shape index (κ3) is 2.07. The Hall–Kier alpha value is -2.67. The van der Waals surface area contributed by atoms with Crippen molar-refractivity contribution in [2.24, 2.45) is 0 Å². The highest BCUT2D eigenvalue weighted by Crippen LogP contribution is 2.27. The highest BCUT2D eigenvalue weighted by Gasteiger charge is 2.13. The monoisotopic (exact) mass is 280 g/mol. The van der Waals surface area contributed by atoms with Crippen molar-refractivity contribution in [1.82, 2.24) is 4.98 Å². The van der Waals surface area contributed by atoms with Crippen molar-refractivity contribution < 1.29 is 4.39 Å². The molecule has 2 aromatic carbocycles. The van der Waals surface area contributed by atoms with Crippen LogP contribution in [0.1, 0.15) is 30.9 Å². The van der Waals surface area contributed by atoms with Gasteiger partial charge in [0.2, 0.25) is 0 Å². The number of halogens is 1. The largest absolute Gasteiger partial charge is 0.321 e. The van der Waals surface area contributed by atoms with Crippen molar-refractivity contribution in [3.05, 3.63) is 57.6 Å². The van der Waals surface area contributed by atoms with Gasteiger partial charge in [-0.05, 0) is 41.1 Å². The van der Waals surface area contributed by atoms with Crippen molar-refractivity contribution in [3.63, 3.8) is 0 Å². The van der Waals surface area contributed by atoms with Crippen molar-refractivity contribution >= 4 is 21.7 Å². The zero-order valence-corrected chi connectivity index (χ0v) is 11.7. The lowest BCUT2D eigenvalue weighted by atomic mass is 9.97. The predicted molar refractivity (Wildman–Crippen MR) is 80.8 cm³/mol. The lowest BCUT2D eigenvalue weighted by molar-refractivity contribution is 0.600. The highest BCUT2D eigenvalue weighted by molar-refractivity contribution is 6.05. The molecule has 1 aromatic heterocycles. The average molecular weight is 280 g/mol. The van der Waals surface area contributed by atoms with Crippen LogP contribution in [0.3, 0.4) is 0 Å². The van der Waals surface area contributed by atoms with Crippen LogP contribution in [-0.4, -0.2) is 4.98 Å². The Bertz CT molecular complexity index is 964. The summed E-state index contributed by atoms with van der Waals surface area (Å²) in [6.07, 6.45) is 0. The third-order valence-electron chi connectivity index (χ3n) is 3.69. The maximum Gasteiger partial charge on any atom is 0.256 e. The zero-order chi connectivity index (χ0) is 15.1. The van der Waals surface area contributed by atoms with Gasteiger partial charge < -0.3 is 4.98 Å². The van der Waals surface area contributed by atoms with E-state index >= 15 is 0 Å². The Morgan fingerprint density at radius 3 is 2.57 bits per heavy atom. The van der Waals surface area contributed by atoms with E-state index in [2.05, 4.69) is 4.98 Å². The van der Waals surface area contributed by atoms with Crippen LogP contribution in [0.2, 0.25) is 0 Å². The second kappa shape index (κ2) is 4.71. The summed E-state index contributed by atoms with van der Waals surface area (Å²) in [6.45, 7) is 3.78. The molecule has 3 nitrogen and oxygen atoms in total. The van der Waals surface area contributed by atoms with Crippen LogP contribution in [-0.2, 0) is 0 Å². The normalized spacial score (nSPS) is 11.2. The molecule has 0 fully saturated rings. The number of pyridine rings is 1. The molecule has 0 aliphatic carbocycles. The molecule has 1 heterocycles. The van der Waals surface area contributed by atoms with Gasteiger partial charge >= 0.3 is 0 Å². The maximum absolute atomic E-state index is 14.2. The molecule has 0 aliphatic rings. The smallest absolute Gasteiger partial charge is 0.256 e. The van der Waals surface area contributed by atoms with Crippen LogP contribution < -0.4 is 5.56 Å². The molecule has 0 saturated heterocycles. The van der Waals surface area contributed by atoms with Gasteiger partial charge in [0.15, 0.2) is 0 Å². The predicted octanol–water partition coefficient (Wildman–Crippen LogP) is 3.82. The summed E-state index contributed by atoms with van der Waals surface area (Å²) in [4.78, 5) is 15.0. The Balaban J connectivity index is 2.48. The second-order valence-corrected chi connectivity index (χ2v) is 5.40. The minimum absolute atomic E-state index is 0.00506. The minimum Gasteiger partial charge on any atom is -0.321 e. The van der Waals surface area contributed by atoms with Gasteiger partial charge in [-0.15, -0.1) is 0 Å². The van der Waals surface area contributed by atoms with Crippen LogP contribution in [0, 0.1) is 17.1 Å². The van der Waals surface area contributed by atoms with Gasteiger partial charge in [-0.25, -0.2) is 4.39 Å². The molecule has 3 rings (SSSR count). The number of benzene rings is 2. The molecule has 4 heteroatoms. The molecule has 0 aliphatic heterocycles. The Morgan fingerprint density at radius 1 is 1.14 bits per heavy atom. The number of nitrogens with zero attached hydrogens (tertiary/aromatic N) is 1. The van der Waals surface area contributed by atoms with Crippen molar-refractivity contribution in [1.29, 1.82) is 5.26 Å². The Kier molecular flexibility index (Phi) is 2.99. The lowest BCUT2D eigenvalue weighted by Crippen LogP contribution is -2.08. The summed E-state index contributed by atoms with van der Waals surface area (Å²) in [6, 6.07) is 10.1. The number of nitrogens with one attached hydrogen (secondary N) is 1. The number of H-pyrrole nitrogens is 1. The fourth-order valence-electron chi connectivity index (χ4n) is 2.58. The zero-order valence-electron chi connectivity index (χ0n) is 11.7. The fourth-order valence-corrected chi connectivity index (χ4v) is 2.58. The van der Waals surface area contributed by atoms with Crippen LogP contribution in [0.4, 0.5) is 4.39 Å². The molecule has 1 N–H and O–H groups in total. The molecule has 104 valence electrons. The number of fused-ring (bicyclic) bond motifs is 3. The van der Waals surface area contributed by atoms with E-state index in [1.165, 1.54) is 6.07 Å². The summed E-state index contributed by atoms with van der Waals surface area (Å²) < 4.78 is 14.2. The molecule has 0 unspecified atom stereocenters. The van der Waals surface area contributed by atoms with E-state index in [0.29, 0.717) is 27.4 Å². The molecule has 0 saturated carbocycles. The van der Waals surface area contributed by atoms with Gasteiger partial charge in [0.1, 0.15) is 5.82 Å². The average Bonchev–Trinajstić information content (AvgIpc) is 2.45. The molecule has 3 aromatic rings. The van der Waals surface area contributed by atoms with Crippen molar-refractivity contribution in [2.75, 3.05) is 0 Å². The first kappa shape index (κ1) is 13.3. The van der Waals surface area contributed by atoms with Gasteiger partial charge in [-0.1, -0.05) is 19.9 Å². The SMILES string of the molecule is CC(C)c1cc2c(=O)[nH]c3cc(C#N)ccc3c2cc1F. The molecular weight excluding hydrogens is 267 g/mol. The number of aromatic nitrogens is 1. The summed E-state index contributed by atoms with van der Waals surface area (Å²) in [7, 11) is 0. The van der Waals surface area contributed by atoms with Gasteiger partial charge in [0, 0.05) is 10.8 Å². The van der Waals surface area contributed by atoms with Crippen molar-refractivity contribution in [3.8, 4) is 6.07 Å². The van der Waals surface area contributed by atoms with E-state index < -0.39 is 0 Å². The molecule has 0 bridgehead atoms. The van der Waals surface area contributed by atoms with Gasteiger partial charge in [0.05, 0.1) is 17.1 Å². The number of rotatable bonds is 1. The first-order valence-electron chi connectivity index (χ1n) is 6.70. The van der Waals surface area contributed by atoms with E-state index in [4.69, 9.17) is 5.26 Å². The molecule has 0 spiro atoms. The summed E-state index contributed by atoms with van der Waals surface area (Å²) in [5.41, 5.74) is 1.26. The number of hydrogen-bond acceptors (Lipinski definition) is 2. The molecular formula is C17H13FN2O. The Morgan fingerprint density at radius 2 is 1.90 bits per heavy atom. The summed E-state index contributed by atoms with van der Waals surface area (Å²) in [5, 5.41) is 10.7. The first-order valence-corrected chi connectivity index (χ1v) is 6.70. The van der Waals surface area contributed by atoms with E-state index in [0.717, 1.165) is 5.39 Å². The third-order valence-corrected chi connectivity index (χ3v) is 3.69. The maximum atomic E-state index is 14.2. The van der Waals surface area contributed by atoms with E-state index in [1.54, 1.807) is 24.3 Å². The van der Waals surface area contributed by atoms with Gasteiger partial charge in [-0.2, -0.15) is 5.26 Å². The van der Waals surface area contributed by atoms with Gasteiger partial charge in [0.25, 0.3) is 5.56 Å². The van der Waals surface area contributed by atoms with Crippen LogP contribution in [0.25, 0.3) is 21.7 Å². The van der Waals surface area contributed by atoms with E-state index in [-0.39, 0.29) is 17.3 Å². The van der Waals surface area contributed by atoms with Gasteiger partial charge in [-0.3, -0.25) is 4.79 Å². The standard InChI is InChI=1S/C17H13FN2O/c1-9(2)12-6-14-13(7-15(12)18)11-4-3-10(8-19)5-16(11)20-17(14)21/h3-7,9H,1-2H3,(H,20,21). The number of hydrogen-bond donors (Lipinski definition) is 1. The minimum atomic E-state index is -0.311.